The maximum absolute atomic E-state index is 11.9. The molecule has 8 heteroatoms. The molecular formula is C15H19F3N2O3. The number of benzene rings is 1. The van der Waals surface area contributed by atoms with Crippen molar-refractivity contribution in [1.82, 2.24) is 0 Å². The Hall–Kier alpha value is -2.09. The van der Waals surface area contributed by atoms with E-state index >= 15 is 0 Å². The van der Waals surface area contributed by atoms with Crippen LogP contribution in [0.15, 0.2) is 30.3 Å². The van der Waals surface area contributed by atoms with E-state index in [1.807, 2.05) is 30.3 Å². The van der Waals surface area contributed by atoms with Crippen molar-refractivity contribution < 1.29 is 27.5 Å². The van der Waals surface area contributed by atoms with Crippen molar-refractivity contribution in [1.29, 1.82) is 0 Å². The van der Waals surface area contributed by atoms with Crippen LogP contribution in [-0.4, -0.2) is 30.8 Å². The Balaban J connectivity index is 0.000000284. The smallest absolute Gasteiger partial charge is 0.373 e. The van der Waals surface area contributed by atoms with Crippen molar-refractivity contribution in [2.45, 2.75) is 38.6 Å². The van der Waals surface area contributed by atoms with Gasteiger partial charge in [0.05, 0.1) is 6.04 Å². The molecule has 1 fully saturated rings. The van der Waals surface area contributed by atoms with Gasteiger partial charge in [0.25, 0.3) is 0 Å². The normalized spacial score (nSPS) is 18.6. The number of ether oxygens (including phenoxy) is 1. The summed E-state index contributed by atoms with van der Waals surface area (Å²) in [5.41, 5.74) is 6.77. The minimum Gasteiger partial charge on any atom is -0.373 e. The van der Waals surface area contributed by atoms with Crippen molar-refractivity contribution in [2.24, 2.45) is 5.73 Å². The summed E-state index contributed by atoms with van der Waals surface area (Å²) in [5, 5.41) is 0. The zero-order valence-electron chi connectivity index (χ0n) is 12.7. The van der Waals surface area contributed by atoms with Gasteiger partial charge in [-0.05, 0) is 31.4 Å². The highest BCUT2D eigenvalue weighted by molar-refractivity contribution is 5.97. The first-order valence-corrected chi connectivity index (χ1v) is 7.09. The summed E-state index contributed by atoms with van der Waals surface area (Å²) in [7, 11) is 0. The number of anilines is 1. The zero-order chi connectivity index (χ0) is 17.5. The quantitative estimate of drug-likeness (QED) is 0.802. The summed E-state index contributed by atoms with van der Waals surface area (Å²) in [6.07, 6.45) is -1.95. The zero-order valence-corrected chi connectivity index (χ0v) is 12.7. The topological polar surface area (TPSA) is 72.6 Å². The summed E-state index contributed by atoms with van der Waals surface area (Å²) in [5.74, 6) is -1.30. The maximum Gasteiger partial charge on any atom is 0.575 e. The number of amides is 1. The monoisotopic (exact) mass is 332 g/mol. The summed E-state index contributed by atoms with van der Waals surface area (Å²) < 4.78 is 35.4. The molecule has 0 aliphatic carbocycles. The molecule has 0 spiro atoms. The lowest BCUT2D eigenvalue weighted by molar-refractivity contribution is -0.304. The van der Waals surface area contributed by atoms with Gasteiger partial charge >= 0.3 is 12.3 Å². The second-order valence-corrected chi connectivity index (χ2v) is 4.97. The van der Waals surface area contributed by atoms with E-state index in [4.69, 9.17) is 5.73 Å². The van der Waals surface area contributed by atoms with Gasteiger partial charge in [-0.1, -0.05) is 18.2 Å². The number of carbonyl (C=O) groups excluding carboxylic acids is 2. The van der Waals surface area contributed by atoms with Gasteiger partial charge < -0.3 is 15.4 Å². The second kappa shape index (κ2) is 8.52. The van der Waals surface area contributed by atoms with Crippen molar-refractivity contribution in [3.8, 4) is 0 Å². The average Bonchev–Trinajstić information content (AvgIpc) is 2.61. The van der Waals surface area contributed by atoms with Gasteiger partial charge in [0, 0.05) is 19.2 Å². The fourth-order valence-electron chi connectivity index (χ4n) is 2.10. The fourth-order valence-corrected chi connectivity index (χ4v) is 2.10. The third-order valence-electron chi connectivity index (χ3n) is 3.06. The first kappa shape index (κ1) is 19.0. The number of nitrogens with zero attached hydrogens (tertiary/aromatic N) is 1. The Morgan fingerprint density at radius 3 is 2.35 bits per heavy atom. The van der Waals surface area contributed by atoms with Crippen molar-refractivity contribution >= 4 is 17.6 Å². The lowest BCUT2D eigenvalue weighted by Gasteiger charge is -2.22. The molecule has 0 unspecified atom stereocenters. The minimum absolute atomic E-state index is 0.0544. The molecule has 0 aromatic heterocycles. The molecule has 1 aliphatic rings. The molecule has 2 N–H and O–H groups in total. The number of hydrogen-bond donors (Lipinski definition) is 1. The Morgan fingerprint density at radius 1 is 1.26 bits per heavy atom. The SMILES string of the molecule is CC(=O)OC(F)(F)F.N[C@H]1CCCCN(c2ccccc2)C1=O. The number of para-hydroxylation sites is 1. The van der Waals surface area contributed by atoms with Crippen LogP contribution in [0.3, 0.4) is 0 Å². The van der Waals surface area contributed by atoms with E-state index in [1.54, 1.807) is 4.90 Å². The van der Waals surface area contributed by atoms with Gasteiger partial charge in [0.15, 0.2) is 0 Å². The summed E-state index contributed by atoms with van der Waals surface area (Å²) in [4.78, 5) is 23.3. The van der Waals surface area contributed by atoms with Crippen molar-refractivity contribution in [3.05, 3.63) is 30.3 Å². The first-order valence-electron chi connectivity index (χ1n) is 7.09. The van der Waals surface area contributed by atoms with E-state index < -0.39 is 12.3 Å². The largest absolute Gasteiger partial charge is 0.575 e. The number of esters is 1. The molecule has 23 heavy (non-hydrogen) atoms. The van der Waals surface area contributed by atoms with E-state index in [0.29, 0.717) is 6.92 Å². The molecule has 128 valence electrons. The molecule has 2 rings (SSSR count). The third kappa shape index (κ3) is 7.14. The predicted molar refractivity (Wildman–Crippen MR) is 78.4 cm³/mol. The first-order chi connectivity index (χ1) is 10.7. The van der Waals surface area contributed by atoms with Gasteiger partial charge in [-0.25, -0.2) is 0 Å². The van der Waals surface area contributed by atoms with Crippen LogP contribution < -0.4 is 10.6 Å². The standard InChI is InChI=1S/C12H16N2O.C3H3F3O2/c13-11-8-4-5-9-14(12(11)15)10-6-2-1-3-7-10;1-2(7)8-3(4,5)6/h1-3,6-7,11H,4-5,8-9,13H2;1H3/t11-;/m0./s1. The predicted octanol–water partition coefficient (Wildman–Crippen LogP) is 2.60. The third-order valence-corrected chi connectivity index (χ3v) is 3.06. The van der Waals surface area contributed by atoms with Crippen LogP contribution >= 0.6 is 0 Å². The minimum atomic E-state index is -4.83. The van der Waals surface area contributed by atoms with Crippen LogP contribution in [0.25, 0.3) is 0 Å². The van der Waals surface area contributed by atoms with Crippen LogP contribution in [0.1, 0.15) is 26.2 Å². The van der Waals surface area contributed by atoms with E-state index in [1.165, 1.54) is 0 Å². The Kier molecular flexibility index (Phi) is 7.02. The summed E-state index contributed by atoms with van der Waals surface area (Å²) in [6, 6.07) is 9.42. The summed E-state index contributed by atoms with van der Waals surface area (Å²) >= 11 is 0. The summed E-state index contributed by atoms with van der Waals surface area (Å²) in [6.45, 7) is 1.48. The number of halogens is 3. The van der Waals surface area contributed by atoms with Crippen molar-refractivity contribution in [3.63, 3.8) is 0 Å². The molecule has 0 bridgehead atoms. The number of hydrogen-bond acceptors (Lipinski definition) is 4. The van der Waals surface area contributed by atoms with Crippen LogP contribution in [0, 0.1) is 0 Å². The lowest BCUT2D eigenvalue weighted by atomic mass is 10.1. The molecule has 1 saturated heterocycles. The lowest BCUT2D eigenvalue weighted by Crippen LogP contribution is -2.42. The molecule has 1 aromatic carbocycles. The highest BCUT2D eigenvalue weighted by Gasteiger charge is 2.32. The van der Waals surface area contributed by atoms with E-state index in [2.05, 4.69) is 4.74 Å². The van der Waals surface area contributed by atoms with Gasteiger partial charge in [0.2, 0.25) is 5.91 Å². The van der Waals surface area contributed by atoms with E-state index in [0.717, 1.165) is 31.5 Å². The highest BCUT2D eigenvalue weighted by Crippen LogP contribution is 2.19. The second-order valence-electron chi connectivity index (χ2n) is 4.97. The Bertz CT molecular complexity index is 520. The maximum atomic E-state index is 11.9. The van der Waals surface area contributed by atoms with E-state index in [-0.39, 0.29) is 11.9 Å². The van der Waals surface area contributed by atoms with Crippen LogP contribution in [0.2, 0.25) is 0 Å². The van der Waals surface area contributed by atoms with Crippen molar-refractivity contribution in [2.75, 3.05) is 11.4 Å². The van der Waals surface area contributed by atoms with Gasteiger partial charge in [-0.3, -0.25) is 9.59 Å². The average molecular weight is 332 g/mol. The molecule has 1 atom stereocenters. The van der Waals surface area contributed by atoms with Crippen LogP contribution in [0.5, 0.6) is 0 Å². The molecular weight excluding hydrogens is 313 g/mol. The molecule has 1 heterocycles. The Labute approximate surface area is 132 Å². The molecule has 5 nitrogen and oxygen atoms in total. The number of nitrogens with two attached hydrogens (primary N) is 1. The number of alkyl halides is 3. The molecule has 0 saturated carbocycles. The van der Waals surface area contributed by atoms with E-state index in [9.17, 15) is 22.8 Å². The van der Waals surface area contributed by atoms with Gasteiger partial charge in [0.1, 0.15) is 0 Å². The van der Waals surface area contributed by atoms with Crippen LogP contribution in [-0.2, 0) is 14.3 Å². The number of rotatable bonds is 1. The molecule has 1 aromatic rings. The molecule has 0 radical (unpaired) electrons. The number of carbonyl (C=O) groups is 2. The highest BCUT2D eigenvalue weighted by atomic mass is 19.4. The van der Waals surface area contributed by atoms with Gasteiger partial charge in [-0.2, -0.15) is 0 Å². The van der Waals surface area contributed by atoms with Gasteiger partial charge in [-0.15, -0.1) is 13.2 Å². The Morgan fingerprint density at radius 2 is 1.87 bits per heavy atom. The molecule has 1 amide bonds. The van der Waals surface area contributed by atoms with Crippen LogP contribution in [0.4, 0.5) is 18.9 Å². The fraction of sp³-hybridized carbons (Fsp3) is 0.467. The molecule has 1 aliphatic heterocycles.